The Balaban J connectivity index is 1.53. The molecule has 2 aromatic rings. The molecule has 11 nitrogen and oxygen atoms in total. The van der Waals surface area contributed by atoms with Crippen molar-refractivity contribution in [1.82, 2.24) is 25.7 Å². The molecule has 0 bridgehead atoms. The summed E-state index contributed by atoms with van der Waals surface area (Å²) in [5.74, 6) is -1.78. The van der Waals surface area contributed by atoms with Gasteiger partial charge in [-0.05, 0) is 36.0 Å². The van der Waals surface area contributed by atoms with Crippen LogP contribution >= 0.6 is 0 Å². The molecule has 216 valence electrons. The number of carbonyl (C=O) groups excluding carboxylic acids is 4. The topological polar surface area (TPSA) is 137 Å². The molecule has 0 radical (unpaired) electrons. The third kappa shape index (κ3) is 6.16. The van der Waals surface area contributed by atoms with Crippen molar-refractivity contribution in [2.45, 2.75) is 64.2 Å². The number of ether oxygens (including phenoxy) is 1. The zero-order valence-electron chi connectivity index (χ0n) is 23.1. The second-order valence-corrected chi connectivity index (χ2v) is 10.3. The fraction of sp³-hybridized carbons (Fsp3) is 0.536. The van der Waals surface area contributed by atoms with Gasteiger partial charge in [-0.15, -0.1) is 0 Å². The van der Waals surface area contributed by atoms with Crippen LogP contribution in [0.1, 0.15) is 43.5 Å². The Kier molecular flexibility index (Phi) is 9.51. The van der Waals surface area contributed by atoms with Gasteiger partial charge in [-0.25, -0.2) is 4.39 Å². The van der Waals surface area contributed by atoms with E-state index in [1.54, 1.807) is 12.3 Å². The number of nitrogens with one attached hydrogen (secondary N) is 3. The van der Waals surface area contributed by atoms with Crippen LogP contribution in [-0.4, -0.2) is 83.8 Å². The van der Waals surface area contributed by atoms with Gasteiger partial charge in [-0.3, -0.25) is 29.2 Å². The number of hydrogen-bond acceptors (Lipinski definition) is 6. The molecule has 4 rings (SSSR count). The Labute approximate surface area is 232 Å². The molecule has 2 unspecified atom stereocenters. The molecule has 0 aliphatic carbocycles. The minimum atomic E-state index is -0.883. The number of halogens is 1. The standard InChI is InChI=1S/C28H37FN6O5/c1-4-17(2)24(34(3)23(36)16-40-13-11-29)27(38)32-21-9-8-18-6-5-7-19-14-22(35(25(18)19)28(21)39)26(37)30-15-20-10-12-31-33-20/h5-7,10,12,17,21-22,24H,4,8-9,11,13-16H2,1-3H3,(H,30,37)(H,31,33)(H,32,38)/t17-,21?,22?,24-/m0/s1. The average Bonchev–Trinajstić information content (AvgIpc) is 3.59. The smallest absolute Gasteiger partial charge is 0.250 e. The largest absolute Gasteiger partial charge is 0.369 e. The van der Waals surface area contributed by atoms with Gasteiger partial charge in [0.1, 0.15) is 31.4 Å². The Morgan fingerprint density at radius 1 is 1.27 bits per heavy atom. The highest BCUT2D eigenvalue weighted by Crippen LogP contribution is 2.39. The number of H-pyrrole nitrogens is 1. The maximum absolute atomic E-state index is 14.0. The quantitative estimate of drug-likeness (QED) is 0.337. The molecular formula is C28H37FN6O5. The van der Waals surface area contributed by atoms with Gasteiger partial charge in [-0.2, -0.15) is 5.10 Å². The summed E-state index contributed by atoms with van der Waals surface area (Å²) in [7, 11) is 1.51. The first kappa shape index (κ1) is 29.2. The average molecular weight is 557 g/mol. The molecule has 4 atom stereocenters. The summed E-state index contributed by atoms with van der Waals surface area (Å²) in [6, 6.07) is 5.05. The van der Waals surface area contributed by atoms with Gasteiger partial charge in [0, 0.05) is 19.7 Å². The lowest BCUT2D eigenvalue weighted by atomic mass is 9.96. The number of amides is 4. The van der Waals surface area contributed by atoms with Gasteiger partial charge in [0.25, 0.3) is 0 Å². The number of likely N-dealkylation sites (N-methyl/N-ethyl adjacent to an activating group) is 1. The molecule has 40 heavy (non-hydrogen) atoms. The minimum absolute atomic E-state index is 0.203. The third-order valence-corrected chi connectivity index (χ3v) is 7.75. The van der Waals surface area contributed by atoms with Gasteiger partial charge < -0.3 is 20.3 Å². The molecule has 4 amide bonds. The van der Waals surface area contributed by atoms with E-state index in [0.717, 1.165) is 22.5 Å². The molecule has 0 spiro atoms. The van der Waals surface area contributed by atoms with E-state index in [4.69, 9.17) is 4.74 Å². The van der Waals surface area contributed by atoms with E-state index < -0.39 is 36.6 Å². The third-order valence-electron chi connectivity index (χ3n) is 7.75. The number of carbonyl (C=O) groups is 4. The number of alkyl halides is 1. The molecule has 1 aromatic carbocycles. The summed E-state index contributed by atoms with van der Waals surface area (Å²) in [6.07, 6.45) is 3.47. The molecule has 1 aromatic heterocycles. The van der Waals surface area contributed by atoms with Crippen molar-refractivity contribution in [3.8, 4) is 0 Å². The van der Waals surface area contributed by atoms with Crippen LogP contribution in [0, 0.1) is 5.92 Å². The van der Waals surface area contributed by atoms with Crippen molar-refractivity contribution in [3.63, 3.8) is 0 Å². The number of anilines is 1. The molecule has 2 aliphatic rings. The van der Waals surface area contributed by atoms with Crippen molar-refractivity contribution < 1.29 is 28.3 Å². The number of rotatable bonds is 12. The normalized spacial score (nSPS) is 19.4. The molecule has 3 heterocycles. The molecule has 0 saturated carbocycles. The number of hydrogen-bond donors (Lipinski definition) is 3. The predicted octanol–water partition coefficient (Wildman–Crippen LogP) is 1.27. The van der Waals surface area contributed by atoms with E-state index in [0.29, 0.717) is 25.7 Å². The van der Waals surface area contributed by atoms with Crippen molar-refractivity contribution in [1.29, 1.82) is 0 Å². The zero-order valence-corrected chi connectivity index (χ0v) is 23.1. The van der Waals surface area contributed by atoms with E-state index in [-0.39, 0.29) is 37.5 Å². The van der Waals surface area contributed by atoms with E-state index >= 15 is 0 Å². The van der Waals surface area contributed by atoms with Crippen molar-refractivity contribution in [2.24, 2.45) is 5.92 Å². The Morgan fingerprint density at radius 2 is 2.05 bits per heavy atom. The summed E-state index contributed by atoms with van der Waals surface area (Å²) in [5.41, 5.74) is 3.33. The van der Waals surface area contributed by atoms with Gasteiger partial charge in [0.15, 0.2) is 0 Å². The van der Waals surface area contributed by atoms with Crippen LogP contribution < -0.4 is 15.5 Å². The lowest BCUT2D eigenvalue weighted by Gasteiger charge is -2.33. The maximum Gasteiger partial charge on any atom is 0.250 e. The van der Waals surface area contributed by atoms with Gasteiger partial charge in [-0.1, -0.05) is 38.5 Å². The lowest BCUT2D eigenvalue weighted by Crippen LogP contribution is -2.58. The van der Waals surface area contributed by atoms with Crippen LogP contribution in [0.5, 0.6) is 0 Å². The van der Waals surface area contributed by atoms with Crippen molar-refractivity contribution in [3.05, 3.63) is 47.3 Å². The number of benzene rings is 1. The van der Waals surface area contributed by atoms with E-state index in [2.05, 4.69) is 20.8 Å². The number of aromatic amines is 1. The predicted molar refractivity (Wildman–Crippen MR) is 145 cm³/mol. The zero-order chi connectivity index (χ0) is 28.8. The van der Waals surface area contributed by atoms with Crippen molar-refractivity contribution in [2.75, 3.05) is 31.8 Å². The van der Waals surface area contributed by atoms with E-state index in [1.165, 1.54) is 16.8 Å². The number of aromatic nitrogens is 2. The van der Waals surface area contributed by atoms with Crippen LogP contribution in [0.2, 0.25) is 0 Å². The van der Waals surface area contributed by atoms with Crippen LogP contribution in [0.3, 0.4) is 0 Å². The summed E-state index contributed by atoms with van der Waals surface area (Å²) in [5, 5.41) is 12.5. The SMILES string of the molecule is CC[C@H](C)[C@@H](C(=O)NC1CCc2cccc3c2N(C1=O)C(C(=O)NCc1ccn[nH]1)C3)N(C)C(=O)COCCF. The molecule has 12 heteroatoms. The monoisotopic (exact) mass is 556 g/mol. The Bertz CT molecular complexity index is 1220. The minimum Gasteiger partial charge on any atom is -0.369 e. The Morgan fingerprint density at radius 3 is 2.75 bits per heavy atom. The molecular weight excluding hydrogens is 519 g/mol. The highest BCUT2D eigenvalue weighted by molar-refractivity contribution is 6.08. The number of para-hydroxylation sites is 1. The van der Waals surface area contributed by atoms with Gasteiger partial charge >= 0.3 is 0 Å². The molecule has 2 aliphatic heterocycles. The first-order valence-corrected chi connectivity index (χ1v) is 13.7. The summed E-state index contributed by atoms with van der Waals surface area (Å²) in [6.45, 7) is 2.75. The summed E-state index contributed by atoms with van der Waals surface area (Å²) < 4.78 is 17.5. The fourth-order valence-electron chi connectivity index (χ4n) is 5.43. The second kappa shape index (κ2) is 13.0. The second-order valence-electron chi connectivity index (χ2n) is 10.3. The number of aryl methyl sites for hydroxylation is 1. The number of nitrogens with zero attached hydrogens (tertiary/aromatic N) is 3. The summed E-state index contributed by atoms with van der Waals surface area (Å²) >= 11 is 0. The van der Waals surface area contributed by atoms with E-state index in [1.807, 2.05) is 32.0 Å². The molecule has 0 fully saturated rings. The maximum atomic E-state index is 14.0. The molecule has 0 saturated heterocycles. The summed E-state index contributed by atoms with van der Waals surface area (Å²) in [4.78, 5) is 56.4. The van der Waals surface area contributed by atoms with Crippen LogP contribution in [0.15, 0.2) is 30.5 Å². The van der Waals surface area contributed by atoms with Crippen molar-refractivity contribution >= 4 is 29.3 Å². The van der Waals surface area contributed by atoms with Gasteiger partial charge in [0.2, 0.25) is 23.6 Å². The Hall–Kier alpha value is -3.80. The van der Waals surface area contributed by atoms with Gasteiger partial charge in [0.05, 0.1) is 24.5 Å². The van der Waals surface area contributed by atoms with Crippen LogP contribution in [0.4, 0.5) is 10.1 Å². The first-order valence-electron chi connectivity index (χ1n) is 13.7. The highest BCUT2D eigenvalue weighted by Gasteiger charge is 2.44. The molecule has 3 N–H and O–H groups in total. The van der Waals surface area contributed by atoms with E-state index in [9.17, 15) is 23.6 Å². The van der Waals surface area contributed by atoms with Crippen LogP contribution in [-0.2, 0) is 43.3 Å². The lowest BCUT2D eigenvalue weighted by molar-refractivity contribution is -0.145. The van der Waals surface area contributed by atoms with Crippen LogP contribution in [0.25, 0.3) is 0 Å². The first-order chi connectivity index (χ1) is 19.3. The fourth-order valence-corrected chi connectivity index (χ4v) is 5.43. The highest BCUT2D eigenvalue weighted by atomic mass is 19.1.